The summed E-state index contributed by atoms with van der Waals surface area (Å²) >= 11 is 2.46. The minimum Gasteiger partial charge on any atom is -0.467 e. The number of hydrogen-bond donors (Lipinski definition) is 2. The molecule has 22 heavy (non-hydrogen) atoms. The number of rotatable bonds is 7. The molecule has 2 rings (SSSR count). The minimum absolute atomic E-state index is 0.0155. The minimum atomic E-state index is -0.252. The standard InChI is InChI=1S/C12H15N5O3S2/c1-17(6-9(18)14-5-8-3-2-4-20-8)10(19)7-21-12-16-15-11(13)22-12/h2-4H,5-7H2,1H3,(H2,13,15)(H,14,18). The molecule has 0 saturated carbocycles. The summed E-state index contributed by atoms with van der Waals surface area (Å²) in [4.78, 5) is 25.0. The largest absolute Gasteiger partial charge is 0.467 e. The smallest absolute Gasteiger partial charge is 0.239 e. The van der Waals surface area contributed by atoms with Gasteiger partial charge in [-0.1, -0.05) is 23.1 Å². The van der Waals surface area contributed by atoms with Crippen LogP contribution < -0.4 is 11.1 Å². The number of nitrogens with two attached hydrogens (primary N) is 1. The summed E-state index contributed by atoms with van der Waals surface area (Å²) in [6.45, 7) is 0.283. The van der Waals surface area contributed by atoms with E-state index >= 15 is 0 Å². The van der Waals surface area contributed by atoms with Gasteiger partial charge in [0.05, 0.1) is 25.1 Å². The first-order valence-corrected chi connectivity index (χ1v) is 8.09. The molecule has 0 aliphatic heterocycles. The third kappa shape index (κ3) is 5.04. The molecule has 0 aliphatic carbocycles. The number of aromatic nitrogens is 2. The SMILES string of the molecule is CN(CC(=O)NCc1ccco1)C(=O)CSc1nnc(N)s1. The van der Waals surface area contributed by atoms with Crippen molar-refractivity contribution in [2.75, 3.05) is 25.1 Å². The quantitative estimate of drug-likeness (QED) is 0.708. The first-order valence-electron chi connectivity index (χ1n) is 6.29. The lowest BCUT2D eigenvalue weighted by atomic mass is 10.4. The van der Waals surface area contributed by atoms with Crippen molar-refractivity contribution < 1.29 is 14.0 Å². The number of nitrogens with one attached hydrogen (secondary N) is 1. The third-order valence-corrected chi connectivity index (χ3v) is 4.46. The van der Waals surface area contributed by atoms with Gasteiger partial charge in [-0.05, 0) is 12.1 Å². The van der Waals surface area contributed by atoms with Crippen LogP contribution in [-0.2, 0) is 16.1 Å². The lowest BCUT2D eigenvalue weighted by Crippen LogP contribution is -2.38. The van der Waals surface area contributed by atoms with Crippen molar-refractivity contribution in [3.8, 4) is 0 Å². The van der Waals surface area contributed by atoms with Crippen LogP contribution in [0, 0.1) is 0 Å². The van der Waals surface area contributed by atoms with Crippen LogP contribution in [0.3, 0.4) is 0 Å². The van der Waals surface area contributed by atoms with E-state index in [0.29, 0.717) is 21.8 Å². The highest BCUT2D eigenvalue weighted by atomic mass is 32.2. The maximum atomic E-state index is 11.9. The van der Waals surface area contributed by atoms with Gasteiger partial charge in [0.2, 0.25) is 16.9 Å². The maximum absolute atomic E-state index is 11.9. The summed E-state index contributed by atoms with van der Waals surface area (Å²) < 4.78 is 5.73. The van der Waals surface area contributed by atoms with Crippen molar-refractivity contribution in [3.63, 3.8) is 0 Å². The molecule has 0 atom stereocenters. The Morgan fingerprint density at radius 3 is 2.95 bits per heavy atom. The summed E-state index contributed by atoms with van der Waals surface area (Å²) in [5, 5.41) is 10.5. The summed E-state index contributed by atoms with van der Waals surface area (Å²) in [6.07, 6.45) is 1.54. The fraction of sp³-hybridized carbons (Fsp3) is 0.333. The summed E-state index contributed by atoms with van der Waals surface area (Å²) in [7, 11) is 1.57. The molecule has 2 heterocycles. The second kappa shape index (κ2) is 7.80. The molecule has 118 valence electrons. The molecule has 10 heteroatoms. The van der Waals surface area contributed by atoms with Gasteiger partial charge in [0, 0.05) is 7.05 Å². The molecule has 0 radical (unpaired) electrons. The average Bonchev–Trinajstić information content (AvgIpc) is 3.14. The van der Waals surface area contributed by atoms with Crippen molar-refractivity contribution in [2.24, 2.45) is 0 Å². The van der Waals surface area contributed by atoms with E-state index in [0.717, 1.165) is 0 Å². The van der Waals surface area contributed by atoms with Crippen LogP contribution in [-0.4, -0.2) is 46.3 Å². The predicted octanol–water partition coefficient (Wildman–Crippen LogP) is 0.580. The predicted molar refractivity (Wildman–Crippen MR) is 83.2 cm³/mol. The number of nitrogen functional groups attached to an aromatic ring is 1. The van der Waals surface area contributed by atoms with Crippen LogP contribution in [0.1, 0.15) is 5.76 Å². The van der Waals surface area contributed by atoms with Gasteiger partial charge in [0.25, 0.3) is 0 Å². The number of hydrogen-bond acceptors (Lipinski definition) is 8. The van der Waals surface area contributed by atoms with Crippen molar-refractivity contribution in [2.45, 2.75) is 10.9 Å². The first kappa shape index (κ1) is 16.3. The average molecular weight is 341 g/mol. The number of likely N-dealkylation sites (N-methyl/N-ethyl adjacent to an activating group) is 1. The topological polar surface area (TPSA) is 114 Å². The zero-order valence-corrected chi connectivity index (χ0v) is 13.4. The van der Waals surface area contributed by atoms with E-state index in [-0.39, 0.29) is 24.1 Å². The Kier molecular flexibility index (Phi) is 5.78. The molecule has 2 aromatic rings. The molecule has 0 bridgehead atoms. The van der Waals surface area contributed by atoms with E-state index in [1.54, 1.807) is 19.2 Å². The van der Waals surface area contributed by atoms with Crippen molar-refractivity contribution >= 4 is 40.0 Å². The van der Waals surface area contributed by atoms with Crippen LogP contribution in [0.5, 0.6) is 0 Å². The second-order valence-electron chi connectivity index (χ2n) is 4.30. The molecule has 0 fully saturated rings. The van der Waals surface area contributed by atoms with Crippen LogP contribution in [0.25, 0.3) is 0 Å². The van der Waals surface area contributed by atoms with Crippen LogP contribution >= 0.6 is 23.1 Å². The Morgan fingerprint density at radius 1 is 1.50 bits per heavy atom. The van der Waals surface area contributed by atoms with Gasteiger partial charge in [0.1, 0.15) is 5.76 Å². The maximum Gasteiger partial charge on any atom is 0.239 e. The second-order valence-corrected chi connectivity index (χ2v) is 6.53. The molecule has 0 aliphatic rings. The molecule has 8 nitrogen and oxygen atoms in total. The normalized spacial score (nSPS) is 10.4. The molecule has 2 amide bonds. The molecule has 0 saturated heterocycles. The number of carbonyl (C=O) groups excluding carboxylic acids is 2. The Morgan fingerprint density at radius 2 is 2.32 bits per heavy atom. The van der Waals surface area contributed by atoms with Gasteiger partial charge in [-0.15, -0.1) is 10.2 Å². The number of thioether (sulfide) groups is 1. The van der Waals surface area contributed by atoms with Crippen molar-refractivity contribution in [1.82, 2.24) is 20.4 Å². The van der Waals surface area contributed by atoms with E-state index in [2.05, 4.69) is 15.5 Å². The van der Waals surface area contributed by atoms with E-state index < -0.39 is 0 Å². The fourth-order valence-corrected chi connectivity index (χ4v) is 3.05. The fourth-order valence-electron chi connectivity index (χ4n) is 1.47. The Labute approximate surface area is 135 Å². The number of amides is 2. The Balaban J connectivity index is 1.69. The van der Waals surface area contributed by atoms with Crippen LogP contribution in [0.15, 0.2) is 27.2 Å². The monoisotopic (exact) mass is 341 g/mol. The summed E-state index contributed by atoms with van der Waals surface area (Å²) in [5.74, 6) is 0.410. The summed E-state index contributed by atoms with van der Waals surface area (Å²) in [5.41, 5.74) is 5.46. The van der Waals surface area contributed by atoms with Crippen LogP contribution in [0.2, 0.25) is 0 Å². The van der Waals surface area contributed by atoms with E-state index in [4.69, 9.17) is 10.2 Å². The van der Waals surface area contributed by atoms with Crippen molar-refractivity contribution in [3.05, 3.63) is 24.2 Å². The third-order valence-electron chi connectivity index (χ3n) is 2.59. The molecular weight excluding hydrogens is 326 g/mol. The van der Waals surface area contributed by atoms with Gasteiger partial charge in [-0.2, -0.15) is 0 Å². The molecule has 3 N–H and O–H groups in total. The molecule has 0 spiro atoms. The van der Waals surface area contributed by atoms with Gasteiger partial charge in [-0.3, -0.25) is 9.59 Å². The van der Waals surface area contributed by atoms with E-state index in [1.165, 1.54) is 34.3 Å². The van der Waals surface area contributed by atoms with Gasteiger partial charge in [-0.25, -0.2) is 0 Å². The van der Waals surface area contributed by atoms with Gasteiger partial charge >= 0.3 is 0 Å². The van der Waals surface area contributed by atoms with Crippen molar-refractivity contribution in [1.29, 1.82) is 0 Å². The van der Waals surface area contributed by atoms with E-state index in [9.17, 15) is 9.59 Å². The molecular formula is C12H15N5O3S2. The lowest BCUT2D eigenvalue weighted by Gasteiger charge is -2.15. The Hall–Kier alpha value is -2.07. The van der Waals surface area contributed by atoms with E-state index in [1.807, 2.05) is 0 Å². The molecule has 2 aromatic heterocycles. The molecule has 0 unspecified atom stereocenters. The number of nitrogens with zero attached hydrogens (tertiary/aromatic N) is 3. The number of anilines is 1. The zero-order chi connectivity index (χ0) is 15.9. The zero-order valence-electron chi connectivity index (χ0n) is 11.8. The number of carbonyl (C=O) groups is 2. The highest BCUT2D eigenvalue weighted by molar-refractivity contribution is 8.01. The molecule has 0 aromatic carbocycles. The number of furan rings is 1. The lowest BCUT2D eigenvalue weighted by molar-refractivity contribution is -0.132. The highest BCUT2D eigenvalue weighted by Gasteiger charge is 2.14. The summed E-state index contributed by atoms with van der Waals surface area (Å²) in [6, 6.07) is 3.51. The Bertz CT molecular complexity index is 629. The van der Waals surface area contributed by atoms with Gasteiger partial charge in [0.15, 0.2) is 4.34 Å². The van der Waals surface area contributed by atoms with Crippen LogP contribution in [0.4, 0.5) is 5.13 Å². The first-order chi connectivity index (χ1) is 10.5. The van der Waals surface area contributed by atoms with Gasteiger partial charge < -0.3 is 20.4 Å². The highest BCUT2D eigenvalue weighted by Crippen LogP contribution is 2.23.